The lowest BCUT2D eigenvalue weighted by molar-refractivity contribution is 0.0599. The molecule has 1 heterocycles. The Hall–Kier alpha value is -1.83. The molecule has 0 aliphatic carbocycles. The van der Waals surface area contributed by atoms with Crippen LogP contribution < -0.4 is 0 Å². The Bertz CT molecular complexity index is 310. The first kappa shape index (κ1) is 7.28. The van der Waals surface area contributed by atoms with Crippen LogP contribution in [0.25, 0.3) is 0 Å². The fourth-order valence-corrected chi connectivity index (χ4v) is 0.572. The molecule has 1 aromatic heterocycles. The average Bonchev–Trinajstić information content (AvgIpc) is 2.50. The molecule has 0 amide bonds. The molecule has 0 aliphatic heterocycles. The van der Waals surface area contributed by atoms with Gasteiger partial charge in [0.15, 0.2) is 5.69 Å². The summed E-state index contributed by atoms with van der Waals surface area (Å²) in [5.41, 5.74) is -0.00755. The molecule has 0 radical (unpaired) electrons. The van der Waals surface area contributed by atoms with Gasteiger partial charge in [-0.05, 0) is 0 Å². The second-order valence-corrected chi connectivity index (χ2v) is 1.68. The Morgan fingerprint density at radius 2 is 2.64 bits per heavy atom. The SMILES string of the molecule is COC(=O)c1conc1C#N. The van der Waals surface area contributed by atoms with Crippen LogP contribution in [0.15, 0.2) is 10.8 Å². The molecule has 5 heteroatoms. The molecule has 1 aromatic rings. The number of carbonyl (C=O) groups excluding carboxylic acids is 1. The van der Waals surface area contributed by atoms with Crippen molar-refractivity contribution >= 4 is 5.97 Å². The molecule has 0 aromatic carbocycles. The second kappa shape index (κ2) is 2.84. The number of rotatable bonds is 1. The molecule has 11 heavy (non-hydrogen) atoms. The summed E-state index contributed by atoms with van der Waals surface area (Å²) in [5.74, 6) is -0.622. The van der Waals surface area contributed by atoms with Gasteiger partial charge in [-0.1, -0.05) is 5.16 Å². The minimum absolute atomic E-state index is 0.0509. The molecule has 0 spiro atoms. The minimum Gasteiger partial charge on any atom is -0.465 e. The van der Waals surface area contributed by atoms with Gasteiger partial charge in [-0.2, -0.15) is 5.26 Å². The van der Waals surface area contributed by atoms with Crippen LogP contribution >= 0.6 is 0 Å². The normalized spacial score (nSPS) is 8.73. The van der Waals surface area contributed by atoms with Gasteiger partial charge in [0.25, 0.3) is 0 Å². The van der Waals surface area contributed by atoms with Gasteiger partial charge in [0.2, 0.25) is 0 Å². The maximum Gasteiger partial charge on any atom is 0.344 e. The maximum atomic E-state index is 10.8. The molecule has 1 rings (SSSR count). The van der Waals surface area contributed by atoms with Crippen molar-refractivity contribution in [3.63, 3.8) is 0 Å². The maximum absolute atomic E-state index is 10.8. The lowest BCUT2D eigenvalue weighted by atomic mass is 10.3. The van der Waals surface area contributed by atoms with Gasteiger partial charge in [-0.3, -0.25) is 0 Å². The lowest BCUT2D eigenvalue weighted by Crippen LogP contribution is -2.01. The molecule has 0 fully saturated rings. The number of methoxy groups -OCH3 is 1. The molecule has 56 valence electrons. The number of ether oxygens (including phenoxy) is 1. The zero-order chi connectivity index (χ0) is 8.27. The number of aromatic nitrogens is 1. The number of hydrogen-bond donors (Lipinski definition) is 0. The fraction of sp³-hybridized carbons (Fsp3) is 0.167. The van der Waals surface area contributed by atoms with E-state index in [9.17, 15) is 4.79 Å². The van der Waals surface area contributed by atoms with Crippen LogP contribution in [0.2, 0.25) is 0 Å². The monoisotopic (exact) mass is 152 g/mol. The van der Waals surface area contributed by atoms with Gasteiger partial charge in [-0.25, -0.2) is 4.79 Å². The first-order chi connectivity index (χ1) is 5.29. The highest BCUT2D eigenvalue weighted by Gasteiger charge is 2.15. The van der Waals surface area contributed by atoms with Crippen molar-refractivity contribution in [2.75, 3.05) is 7.11 Å². The Labute approximate surface area is 62.2 Å². The lowest BCUT2D eigenvalue weighted by Gasteiger charge is -1.90. The first-order valence-corrected chi connectivity index (χ1v) is 2.72. The molecule has 0 atom stereocenters. The summed E-state index contributed by atoms with van der Waals surface area (Å²) in [7, 11) is 1.22. The quantitative estimate of drug-likeness (QED) is 0.542. The van der Waals surface area contributed by atoms with Crippen LogP contribution in [0, 0.1) is 11.3 Å². The summed E-state index contributed by atoms with van der Waals surface area (Å²) in [6.45, 7) is 0. The Morgan fingerprint density at radius 1 is 1.91 bits per heavy atom. The van der Waals surface area contributed by atoms with E-state index < -0.39 is 5.97 Å². The molecule has 0 aliphatic rings. The highest BCUT2D eigenvalue weighted by atomic mass is 16.5. The molecule has 0 saturated carbocycles. The van der Waals surface area contributed by atoms with Crippen molar-refractivity contribution in [1.82, 2.24) is 5.16 Å². The van der Waals surface area contributed by atoms with E-state index in [1.165, 1.54) is 7.11 Å². The van der Waals surface area contributed by atoms with Crippen LogP contribution in [-0.4, -0.2) is 18.2 Å². The van der Waals surface area contributed by atoms with Crippen LogP contribution in [0.3, 0.4) is 0 Å². The van der Waals surface area contributed by atoms with E-state index >= 15 is 0 Å². The van der Waals surface area contributed by atoms with Crippen molar-refractivity contribution in [1.29, 1.82) is 5.26 Å². The smallest absolute Gasteiger partial charge is 0.344 e. The Morgan fingerprint density at radius 3 is 3.18 bits per heavy atom. The van der Waals surface area contributed by atoms with E-state index in [-0.39, 0.29) is 11.3 Å². The van der Waals surface area contributed by atoms with E-state index in [1.807, 2.05) is 0 Å². The fourth-order valence-electron chi connectivity index (χ4n) is 0.572. The topological polar surface area (TPSA) is 76.1 Å². The molecule has 0 saturated heterocycles. The van der Waals surface area contributed by atoms with Gasteiger partial charge in [-0.15, -0.1) is 0 Å². The minimum atomic E-state index is -0.622. The molecule has 5 nitrogen and oxygen atoms in total. The van der Waals surface area contributed by atoms with Crippen molar-refractivity contribution in [2.45, 2.75) is 0 Å². The van der Waals surface area contributed by atoms with Crippen LogP contribution in [0.1, 0.15) is 16.1 Å². The summed E-state index contributed by atoms with van der Waals surface area (Å²) < 4.78 is 8.73. The van der Waals surface area contributed by atoms with Crippen molar-refractivity contribution in [3.8, 4) is 6.07 Å². The van der Waals surface area contributed by atoms with Crippen molar-refractivity contribution in [3.05, 3.63) is 17.5 Å². The van der Waals surface area contributed by atoms with Crippen LogP contribution in [0.4, 0.5) is 0 Å². The van der Waals surface area contributed by atoms with E-state index in [0.717, 1.165) is 6.26 Å². The second-order valence-electron chi connectivity index (χ2n) is 1.68. The van der Waals surface area contributed by atoms with E-state index in [0.29, 0.717) is 0 Å². The number of nitrogens with zero attached hydrogens (tertiary/aromatic N) is 2. The summed E-state index contributed by atoms with van der Waals surface area (Å²) in [5, 5.41) is 11.6. The number of esters is 1. The van der Waals surface area contributed by atoms with E-state index in [4.69, 9.17) is 5.26 Å². The van der Waals surface area contributed by atoms with Crippen LogP contribution in [0.5, 0.6) is 0 Å². The highest BCUT2D eigenvalue weighted by molar-refractivity contribution is 5.90. The molecule has 0 bridgehead atoms. The van der Waals surface area contributed by atoms with E-state index in [2.05, 4.69) is 14.4 Å². The largest absolute Gasteiger partial charge is 0.465 e. The van der Waals surface area contributed by atoms with Crippen molar-refractivity contribution in [2.24, 2.45) is 0 Å². The average molecular weight is 152 g/mol. The summed E-state index contributed by atoms with van der Waals surface area (Å²) in [6.07, 6.45) is 1.07. The van der Waals surface area contributed by atoms with Gasteiger partial charge in [0.1, 0.15) is 17.9 Å². The number of carbonyl (C=O) groups is 1. The zero-order valence-electron chi connectivity index (χ0n) is 5.70. The van der Waals surface area contributed by atoms with Gasteiger partial charge in [0, 0.05) is 0 Å². The summed E-state index contributed by atoms with van der Waals surface area (Å²) >= 11 is 0. The highest BCUT2D eigenvalue weighted by Crippen LogP contribution is 2.05. The Balaban J connectivity index is 3.05. The number of hydrogen-bond acceptors (Lipinski definition) is 5. The first-order valence-electron chi connectivity index (χ1n) is 2.72. The van der Waals surface area contributed by atoms with Crippen molar-refractivity contribution < 1.29 is 14.1 Å². The molecular formula is C6H4N2O3. The third-order valence-corrected chi connectivity index (χ3v) is 1.08. The molecule has 0 unspecified atom stereocenters. The van der Waals surface area contributed by atoms with Gasteiger partial charge < -0.3 is 9.26 Å². The standard InChI is InChI=1S/C6H4N2O3/c1-10-6(9)4-3-11-8-5(4)2-7/h3H,1H3. The molecular weight excluding hydrogens is 148 g/mol. The summed E-state index contributed by atoms with van der Waals surface area (Å²) in [4.78, 5) is 10.8. The third kappa shape index (κ3) is 1.19. The van der Waals surface area contributed by atoms with Gasteiger partial charge >= 0.3 is 5.97 Å². The summed E-state index contributed by atoms with van der Waals surface area (Å²) in [6, 6.07) is 1.69. The van der Waals surface area contributed by atoms with Gasteiger partial charge in [0.05, 0.1) is 7.11 Å². The Kier molecular flexibility index (Phi) is 1.88. The number of nitriles is 1. The predicted octanol–water partition coefficient (Wildman–Crippen LogP) is 0.333. The van der Waals surface area contributed by atoms with E-state index in [1.54, 1.807) is 6.07 Å². The predicted molar refractivity (Wildman–Crippen MR) is 32.6 cm³/mol. The van der Waals surface area contributed by atoms with Crippen LogP contribution in [-0.2, 0) is 4.74 Å². The third-order valence-electron chi connectivity index (χ3n) is 1.08. The zero-order valence-corrected chi connectivity index (χ0v) is 5.70. The molecule has 0 N–H and O–H groups in total.